The molecule has 1 nitrogen and oxygen atoms in total. The van der Waals surface area contributed by atoms with Gasteiger partial charge in [0.2, 0.25) is 0 Å². The van der Waals surface area contributed by atoms with Gasteiger partial charge in [-0.2, -0.15) is 0 Å². The maximum absolute atomic E-state index is 11.5. The van der Waals surface area contributed by atoms with Gasteiger partial charge in [-0.15, -0.1) is 11.5 Å². The summed E-state index contributed by atoms with van der Waals surface area (Å²) >= 11 is 0. The zero-order chi connectivity index (χ0) is 10.7. The van der Waals surface area contributed by atoms with E-state index in [2.05, 4.69) is 40.8 Å². The lowest BCUT2D eigenvalue weighted by Gasteiger charge is -2.36. The minimum Gasteiger partial charge on any atom is -0.876 e. The van der Waals surface area contributed by atoms with Crippen LogP contribution in [0.1, 0.15) is 40.5 Å². The summed E-state index contributed by atoms with van der Waals surface area (Å²) in [5, 5.41) is 11.8. The third-order valence-corrected chi connectivity index (χ3v) is 7.86. The quantitative estimate of drug-likeness (QED) is 0.506. The van der Waals surface area contributed by atoms with Gasteiger partial charge >= 0.3 is 0 Å². The number of hydrogen-bond acceptors (Lipinski definition) is 1. The molecule has 0 N–H and O–H groups in total. The Hall–Kier alpha value is -0.243. The minimum atomic E-state index is -1.48. The van der Waals surface area contributed by atoms with E-state index in [0.29, 0.717) is 12.2 Å². The number of allylic oxidation sites excluding steroid dienone is 1. The Labute approximate surface area is 83.9 Å². The van der Waals surface area contributed by atoms with Crippen LogP contribution < -0.4 is 5.11 Å². The topological polar surface area (TPSA) is 23.1 Å². The average molecular weight is 199 g/mol. The van der Waals surface area contributed by atoms with Crippen molar-refractivity contribution in [3.8, 4) is 0 Å². The zero-order valence-electron chi connectivity index (χ0n) is 9.90. The summed E-state index contributed by atoms with van der Waals surface area (Å²) in [5.74, 6) is 0.342. The molecule has 13 heavy (non-hydrogen) atoms. The lowest BCUT2D eigenvalue weighted by atomic mass is 10.2. The van der Waals surface area contributed by atoms with Crippen molar-refractivity contribution < 1.29 is 5.11 Å². The van der Waals surface area contributed by atoms with Gasteiger partial charge < -0.3 is 5.11 Å². The molecule has 0 aliphatic heterocycles. The van der Waals surface area contributed by atoms with Gasteiger partial charge in [0.25, 0.3) is 0 Å². The average Bonchev–Trinajstić information content (AvgIpc) is 1.83. The van der Waals surface area contributed by atoms with Crippen molar-refractivity contribution in [1.82, 2.24) is 0 Å². The van der Waals surface area contributed by atoms with Gasteiger partial charge in [-0.3, -0.25) is 0 Å². The highest BCUT2D eigenvalue weighted by Gasteiger charge is 2.32. The van der Waals surface area contributed by atoms with Crippen LogP contribution in [0.4, 0.5) is 0 Å². The van der Waals surface area contributed by atoms with Crippen molar-refractivity contribution in [2.75, 3.05) is 0 Å². The van der Waals surface area contributed by atoms with Gasteiger partial charge in [-0.1, -0.05) is 47.2 Å². The first-order valence-electron chi connectivity index (χ1n) is 5.09. The summed E-state index contributed by atoms with van der Waals surface area (Å²) in [7, 11) is -1.48. The molecular weight excluding hydrogens is 176 g/mol. The third kappa shape index (κ3) is 3.99. The first-order valence-corrected chi connectivity index (χ1v) is 8.17. The van der Waals surface area contributed by atoms with E-state index in [1.165, 1.54) is 0 Å². The Balaban J connectivity index is 4.57. The summed E-state index contributed by atoms with van der Waals surface area (Å²) < 4.78 is 0. The Kier molecular flexibility index (Phi) is 4.23. The van der Waals surface area contributed by atoms with Crippen molar-refractivity contribution in [3.63, 3.8) is 0 Å². The molecule has 0 aromatic rings. The van der Waals surface area contributed by atoms with Crippen LogP contribution in [0, 0.1) is 0 Å². The Morgan fingerprint density at radius 3 is 2.08 bits per heavy atom. The predicted octanol–water partition coefficient (Wildman–Crippen LogP) is 3.08. The normalized spacial score (nSPS) is 14.8. The molecule has 0 radical (unpaired) electrons. The van der Waals surface area contributed by atoms with Crippen LogP contribution in [-0.4, -0.2) is 8.07 Å². The lowest BCUT2D eigenvalue weighted by Crippen LogP contribution is -2.36. The van der Waals surface area contributed by atoms with Crippen molar-refractivity contribution in [2.45, 2.75) is 58.7 Å². The van der Waals surface area contributed by atoms with Crippen LogP contribution in [0.5, 0.6) is 0 Å². The lowest BCUT2D eigenvalue weighted by molar-refractivity contribution is -0.306. The maximum Gasteiger partial charge on any atom is 0.0758 e. The van der Waals surface area contributed by atoms with Crippen LogP contribution >= 0.6 is 0 Å². The SMILES string of the molecule is CCC/C([O-])=C/[Si](C)(C)C(C)(C)C. The molecule has 0 atom stereocenters. The van der Waals surface area contributed by atoms with Gasteiger partial charge in [0.05, 0.1) is 8.07 Å². The molecule has 0 saturated carbocycles. The zero-order valence-corrected chi connectivity index (χ0v) is 10.9. The van der Waals surface area contributed by atoms with E-state index in [9.17, 15) is 5.11 Å². The van der Waals surface area contributed by atoms with Crippen molar-refractivity contribution >= 4 is 8.07 Å². The highest BCUT2D eigenvalue weighted by atomic mass is 28.3. The van der Waals surface area contributed by atoms with Crippen LogP contribution in [0.15, 0.2) is 11.5 Å². The minimum absolute atomic E-state index is 0.288. The van der Waals surface area contributed by atoms with Crippen LogP contribution in [0.25, 0.3) is 0 Å². The standard InChI is InChI=1S/C11H24OSi/c1-7-8-10(12)9-13(5,6)11(2,3)4/h9,12H,7-8H2,1-6H3/p-1/b10-9-. The highest BCUT2D eigenvalue weighted by molar-refractivity contribution is 6.84. The van der Waals surface area contributed by atoms with E-state index in [-0.39, 0.29) is 5.04 Å². The smallest absolute Gasteiger partial charge is 0.0758 e. The van der Waals surface area contributed by atoms with Gasteiger partial charge in [0.1, 0.15) is 0 Å². The van der Waals surface area contributed by atoms with E-state index in [0.717, 1.165) is 6.42 Å². The second-order valence-corrected chi connectivity index (χ2v) is 10.6. The summed E-state index contributed by atoms with van der Waals surface area (Å²) in [6, 6.07) is 0. The van der Waals surface area contributed by atoms with Crippen molar-refractivity contribution in [2.24, 2.45) is 0 Å². The van der Waals surface area contributed by atoms with E-state index >= 15 is 0 Å². The summed E-state index contributed by atoms with van der Waals surface area (Å²) in [4.78, 5) is 0. The number of hydrogen-bond donors (Lipinski definition) is 0. The Morgan fingerprint density at radius 2 is 1.77 bits per heavy atom. The second kappa shape index (κ2) is 4.31. The van der Waals surface area contributed by atoms with Gasteiger partial charge in [-0.25, -0.2) is 0 Å². The van der Waals surface area contributed by atoms with E-state index < -0.39 is 8.07 Å². The molecule has 0 amide bonds. The molecule has 0 saturated heterocycles. The van der Waals surface area contributed by atoms with Gasteiger partial charge in [0.15, 0.2) is 0 Å². The first-order chi connectivity index (χ1) is 5.70. The molecular formula is C11H23OSi-. The predicted molar refractivity (Wildman–Crippen MR) is 60.2 cm³/mol. The molecule has 0 aromatic heterocycles. The molecule has 0 aromatic carbocycles. The molecule has 0 spiro atoms. The van der Waals surface area contributed by atoms with Crippen LogP contribution in [0.2, 0.25) is 18.1 Å². The second-order valence-electron chi connectivity index (χ2n) is 5.33. The molecule has 0 rings (SSSR count). The highest BCUT2D eigenvalue weighted by Crippen LogP contribution is 2.37. The largest absolute Gasteiger partial charge is 0.876 e. The number of rotatable bonds is 3. The molecule has 0 aliphatic rings. The van der Waals surface area contributed by atoms with E-state index in [4.69, 9.17) is 0 Å². The molecule has 0 fully saturated rings. The van der Waals surface area contributed by atoms with Gasteiger partial charge in [0, 0.05) is 0 Å². The van der Waals surface area contributed by atoms with Crippen molar-refractivity contribution in [3.05, 3.63) is 11.5 Å². The maximum atomic E-state index is 11.5. The monoisotopic (exact) mass is 199 g/mol. The van der Waals surface area contributed by atoms with Crippen LogP contribution in [0.3, 0.4) is 0 Å². The fraction of sp³-hybridized carbons (Fsp3) is 0.818. The van der Waals surface area contributed by atoms with E-state index in [1.807, 2.05) is 5.70 Å². The first kappa shape index (κ1) is 12.8. The molecule has 0 heterocycles. The fourth-order valence-corrected chi connectivity index (χ4v) is 2.32. The van der Waals surface area contributed by atoms with Crippen molar-refractivity contribution in [1.29, 1.82) is 0 Å². The summed E-state index contributed by atoms with van der Waals surface area (Å²) in [6.45, 7) is 13.3. The molecule has 0 aliphatic carbocycles. The van der Waals surface area contributed by atoms with Crippen LogP contribution in [-0.2, 0) is 0 Å². The summed E-state index contributed by atoms with van der Waals surface area (Å²) in [5.41, 5.74) is 2.02. The fourth-order valence-electron chi connectivity index (χ4n) is 0.938. The molecule has 0 bridgehead atoms. The van der Waals surface area contributed by atoms with Gasteiger partial charge in [-0.05, 0) is 11.5 Å². The molecule has 0 unspecified atom stereocenters. The Bertz CT molecular complexity index is 187. The molecule has 2 heteroatoms. The third-order valence-electron chi connectivity index (χ3n) is 2.95. The van der Waals surface area contributed by atoms with E-state index in [1.54, 1.807) is 0 Å². The summed E-state index contributed by atoms with van der Waals surface area (Å²) in [6.07, 6.45) is 1.68. The molecule has 78 valence electrons. The Morgan fingerprint density at radius 1 is 1.31 bits per heavy atom.